The van der Waals surface area contributed by atoms with E-state index < -0.39 is 0 Å². The van der Waals surface area contributed by atoms with Crippen molar-refractivity contribution >= 4 is 17.8 Å². The Morgan fingerprint density at radius 2 is 2.35 bits per heavy atom. The number of benzene rings is 1. The van der Waals surface area contributed by atoms with Gasteiger partial charge in [-0.25, -0.2) is 0 Å². The number of nitro groups is 1. The monoisotopic (exact) mass is 238 g/mol. The van der Waals surface area contributed by atoms with Crippen LogP contribution in [0.1, 0.15) is 12.5 Å². The number of rotatable bonds is 3. The van der Waals surface area contributed by atoms with Crippen molar-refractivity contribution in [2.45, 2.75) is 13.3 Å². The molecule has 92 valence electrons. The van der Waals surface area contributed by atoms with Gasteiger partial charge in [0.1, 0.15) is 0 Å². The lowest BCUT2D eigenvalue weighted by Gasteiger charge is -1.97. The number of carbonyl (C=O) groups excluding carboxylic acids is 1. The van der Waals surface area contributed by atoms with E-state index in [0.29, 0.717) is 13.1 Å². The van der Waals surface area contributed by atoms with Crippen LogP contribution in [0.4, 0.5) is 11.4 Å². The Kier molecular flexibility index (Phi) is 4.93. The fraction of sp³-hybridized carbons (Fsp3) is 0.364. The first kappa shape index (κ1) is 13.0. The van der Waals surface area contributed by atoms with E-state index in [0.717, 1.165) is 24.2 Å². The van der Waals surface area contributed by atoms with Crippen LogP contribution < -0.4 is 5.32 Å². The normalized spacial score (nSPS) is 11.6. The number of hydrogen-bond acceptors (Lipinski definition) is 5. The minimum absolute atomic E-state index is 0.178. The molecule has 0 saturated heterocycles. The molecule has 0 atom stereocenters. The number of fused-ring (bicyclic) bond motifs is 1. The summed E-state index contributed by atoms with van der Waals surface area (Å²) in [6.45, 7) is 3.55. The largest absolute Gasteiger partial charge is 0.468 e. The molecule has 6 nitrogen and oxygen atoms in total. The lowest BCUT2D eigenvalue weighted by molar-refractivity contribution is -0.384. The third kappa shape index (κ3) is 3.75. The van der Waals surface area contributed by atoms with Crippen molar-refractivity contribution in [1.82, 2.24) is 0 Å². The zero-order chi connectivity index (χ0) is 12.7. The molecule has 1 aliphatic rings. The molecule has 6 heteroatoms. The molecule has 0 fully saturated rings. The number of non-ortho nitro benzene ring substituents is 1. The summed E-state index contributed by atoms with van der Waals surface area (Å²) >= 11 is 0. The molecule has 2 rings (SSSR count). The maximum absolute atomic E-state index is 10.4. The van der Waals surface area contributed by atoms with Gasteiger partial charge < -0.3 is 10.1 Å². The molecule has 0 bridgehead atoms. The highest BCUT2D eigenvalue weighted by atomic mass is 16.6. The maximum atomic E-state index is 10.4. The Bertz CT molecular complexity index is 406. The van der Waals surface area contributed by atoms with Crippen LogP contribution in [0.15, 0.2) is 18.2 Å². The number of ether oxygens (including phenoxy) is 1. The van der Waals surface area contributed by atoms with Gasteiger partial charge in [0.05, 0.1) is 11.5 Å². The van der Waals surface area contributed by atoms with Crippen LogP contribution in [-0.2, 0) is 16.0 Å². The van der Waals surface area contributed by atoms with Crippen LogP contribution in [0, 0.1) is 10.1 Å². The predicted molar refractivity (Wildman–Crippen MR) is 63.0 cm³/mol. The van der Waals surface area contributed by atoms with Crippen LogP contribution in [0.5, 0.6) is 0 Å². The molecular weight excluding hydrogens is 224 g/mol. The van der Waals surface area contributed by atoms with Gasteiger partial charge in [-0.2, -0.15) is 0 Å². The van der Waals surface area contributed by atoms with Crippen molar-refractivity contribution in [2.75, 3.05) is 18.5 Å². The first-order chi connectivity index (χ1) is 8.19. The fourth-order valence-corrected chi connectivity index (χ4v) is 1.47. The number of nitrogens with one attached hydrogen (secondary N) is 1. The fourth-order valence-electron chi connectivity index (χ4n) is 1.47. The van der Waals surface area contributed by atoms with Crippen LogP contribution in [0.2, 0.25) is 0 Å². The standard InChI is InChI=1S/C8H8N2O2.C3H6O2/c11-10(12)7-1-2-8-6(5-7)3-4-9-8;1-2-5-3-4/h1-2,5,9H,3-4H2;3H,2H2,1H3. The van der Waals surface area contributed by atoms with E-state index in [9.17, 15) is 14.9 Å². The minimum Gasteiger partial charge on any atom is -0.468 e. The highest BCUT2D eigenvalue weighted by molar-refractivity contribution is 5.59. The van der Waals surface area contributed by atoms with Crippen molar-refractivity contribution < 1.29 is 14.5 Å². The Balaban J connectivity index is 0.000000249. The molecule has 0 amide bonds. The highest BCUT2D eigenvalue weighted by Gasteiger charge is 2.13. The first-order valence-corrected chi connectivity index (χ1v) is 5.25. The van der Waals surface area contributed by atoms with E-state index in [1.165, 1.54) is 6.07 Å². The van der Waals surface area contributed by atoms with Gasteiger partial charge in [-0.1, -0.05) is 0 Å². The highest BCUT2D eigenvalue weighted by Crippen LogP contribution is 2.25. The van der Waals surface area contributed by atoms with E-state index in [4.69, 9.17) is 0 Å². The average molecular weight is 238 g/mol. The number of nitrogens with zero attached hydrogens (tertiary/aromatic N) is 1. The molecule has 0 saturated carbocycles. The van der Waals surface area contributed by atoms with E-state index in [-0.39, 0.29) is 10.6 Å². The summed E-state index contributed by atoms with van der Waals surface area (Å²) in [4.78, 5) is 19.2. The Hall–Kier alpha value is -2.11. The molecular formula is C11H14N2O4. The maximum Gasteiger partial charge on any atom is 0.293 e. The summed E-state index contributed by atoms with van der Waals surface area (Å²) in [7, 11) is 0. The summed E-state index contributed by atoms with van der Waals surface area (Å²) in [5.41, 5.74) is 2.25. The zero-order valence-corrected chi connectivity index (χ0v) is 9.51. The van der Waals surface area contributed by atoms with Gasteiger partial charge in [-0.15, -0.1) is 0 Å². The summed E-state index contributed by atoms with van der Waals surface area (Å²) in [6, 6.07) is 4.92. The molecule has 0 unspecified atom stereocenters. The SMILES string of the molecule is CCOC=O.O=[N+]([O-])c1ccc2c(c1)CCN2. The van der Waals surface area contributed by atoms with Crippen molar-refractivity contribution in [3.63, 3.8) is 0 Å². The van der Waals surface area contributed by atoms with Crippen molar-refractivity contribution in [3.05, 3.63) is 33.9 Å². The summed E-state index contributed by atoms with van der Waals surface area (Å²) in [6.07, 6.45) is 0.886. The smallest absolute Gasteiger partial charge is 0.293 e. The molecule has 0 aromatic heterocycles. The second kappa shape index (κ2) is 6.47. The number of anilines is 1. The Labute approximate surface area is 98.7 Å². The van der Waals surface area contributed by atoms with E-state index in [1.54, 1.807) is 19.1 Å². The van der Waals surface area contributed by atoms with Gasteiger partial charge >= 0.3 is 0 Å². The van der Waals surface area contributed by atoms with Gasteiger partial charge in [0.15, 0.2) is 0 Å². The summed E-state index contributed by atoms with van der Waals surface area (Å²) in [5.74, 6) is 0. The van der Waals surface area contributed by atoms with E-state index in [1.807, 2.05) is 0 Å². The topological polar surface area (TPSA) is 81.5 Å². The van der Waals surface area contributed by atoms with E-state index >= 15 is 0 Å². The Morgan fingerprint density at radius 3 is 2.88 bits per heavy atom. The van der Waals surface area contributed by atoms with Crippen molar-refractivity contribution in [1.29, 1.82) is 0 Å². The van der Waals surface area contributed by atoms with Crippen LogP contribution >= 0.6 is 0 Å². The van der Waals surface area contributed by atoms with Crippen molar-refractivity contribution in [3.8, 4) is 0 Å². The number of hydrogen-bond donors (Lipinski definition) is 1. The second-order valence-electron chi connectivity index (χ2n) is 3.33. The van der Waals surface area contributed by atoms with Gasteiger partial charge in [0.25, 0.3) is 12.2 Å². The molecule has 17 heavy (non-hydrogen) atoms. The lowest BCUT2D eigenvalue weighted by atomic mass is 10.1. The van der Waals surface area contributed by atoms with Crippen LogP contribution in [-0.4, -0.2) is 24.5 Å². The minimum atomic E-state index is -0.362. The van der Waals surface area contributed by atoms with E-state index in [2.05, 4.69) is 10.1 Å². The van der Waals surface area contributed by atoms with Gasteiger partial charge in [0.2, 0.25) is 0 Å². The molecule has 1 aromatic rings. The quantitative estimate of drug-likeness (QED) is 0.492. The third-order valence-corrected chi connectivity index (χ3v) is 2.24. The molecule has 1 aromatic carbocycles. The third-order valence-electron chi connectivity index (χ3n) is 2.24. The first-order valence-electron chi connectivity index (χ1n) is 5.25. The molecule has 0 radical (unpaired) electrons. The number of carbonyl (C=O) groups is 1. The second-order valence-corrected chi connectivity index (χ2v) is 3.33. The van der Waals surface area contributed by atoms with Gasteiger partial charge in [-0.3, -0.25) is 14.9 Å². The molecule has 1 aliphatic heterocycles. The number of nitro benzene ring substituents is 1. The molecule has 1 heterocycles. The summed E-state index contributed by atoms with van der Waals surface area (Å²) < 4.78 is 4.15. The molecule has 0 aliphatic carbocycles. The van der Waals surface area contributed by atoms with Crippen molar-refractivity contribution in [2.24, 2.45) is 0 Å². The molecule has 1 N–H and O–H groups in total. The lowest BCUT2D eigenvalue weighted by Crippen LogP contribution is -1.90. The molecule has 0 spiro atoms. The predicted octanol–water partition coefficient (Wildman–Crippen LogP) is 1.74. The van der Waals surface area contributed by atoms with Gasteiger partial charge in [-0.05, 0) is 25.0 Å². The van der Waals surface area contributed by atoms with Crippen LogP contribution in [0.25, 0.3) is 0 Å². The van der Waals surface area contributed by atoms with Crippen LogP contribution in [0.3, 0.4) is 0 Å². The zero-order valence-electron chi connectivity index (χ0n) is 9.51. The Morgan fingerprint density at radius 1 is 1.59 bits per heavy atom. The average Bonchev–Trinajstić information content (AvgIpc) is 2.77. The van der Waals surface area contributed by atoms with Gasteiger partial charge in [0, 0.05) is 24.4 Å². The summed E-state index contributed by atoms with van der Waals surface area (Å²) in [5, 5.41) is 13.5.